The maximum atomic E-state index is 12.1. The van der Waals surface area contributed by atoms with E-state index in [4.69, 9.17) is 11.6 Å². The van der Waals surface area contributed by atoms with Crippen LogP contribution in [0.5, 0.6) is 0 Å². The van der Waals surface area contributed by atoms with Crippen molar-refractivity contribution in [1.29, 1.82) is 0 Å². The minimum absolute atomic E-state index is 0.0343. The van der Waals surface area contributed by atoms with Gasteiger partial charge in [0.2, 0.25) is 5.91 Å². The number of allylic oxidation sites excluding steroid dienone is 1. The first-order chi connectivity index (χ1) is 9.44. The van der Waals surface area contributed by atoms with Gasteiger partial charge in [0, 0.05) is 11.1 Å². The monoisotopic (exact) mass is 293 g/mol. The van der Waals surface area contributed by atoms with E-state index in [0.29, 0.717) is 10.9 Å². The first-order valence-corrected chi connectivity index (χ1v) is 7.19. The van der Waals surface area contributed by atoms with E-state index in [1.54, 1.807) is 12.1 Å². The molecule has 0 spiro atoms. The minimum Gasteiger partial charge on any atom is -0.394 e. The van der Waals surface area contributed by atoms with E-state index < -0.39 is 5.54 Å². The number of carbonyl (C=O) groups excluding carboxylic acids is 1. The van der Waals surface area contributed by atoms with Crippen LogP contribution in [0.2, 0.25) is 5.02 Å². The molecule has 1 aromatic rings. The van der Waals surface area contributed by atoms with Crippen molar-refractivity contribution in [2.45, 2.75) is 32.2 Å². The van der Waals surface area contributed by atoms with Crippen LogP contribution in [-0.4, -0.2) is 23.2 Å². The Labute approximate surface area is 124 Å². The summed E-state index contributed by atoms with van der Waals surface area (Å²) in [6.07, 6.45) is 3.69. The molecule has 3 nitrogen and oxygen atoms in total. The van der Waals surface area contributed by atoms with Crippen LogP contribution in [0.15, 0.2) is 30.3 Å². The molecule has 1 aliphatic carbocycles. The molecule has 4 heteroatoms. The molecule has 108 valence electrons. The van der Waals surface area contributed by atoms with E-state index in [1.165, 1.54) is 0 Å². The molecule has 1 amide bonds. The summed E-state index contributed by atoms with van der Waals surface area (Å²) in [6.45, 7) is 3.73. The third kappa shape index (κ3) is 3.62. The van der Waals surface area contributed by atoms with Gasteiger partial charge < -0.3 is 10.4 Å². The Kier molecular flexibility index (Phi) is 4.51. The van der Waals surface area contributed by atoms with Gasteiger partial charge >= 0.3 is 0 Å². The van der Waals surface area contributed by atoms with Crippen molar-refractivity contribution in [2.24, 2.45) is 5.92 Å². The zero-order chi connectivity index (χ0) is 14.8. The van der Waals surface area contributed by atoms with Gasteiger partial charge in [0.25, 0.3) is 0 Å². The Morgan fingerprint density at radius 1 is 1.55 bits per heavy atom. The third-order valence-electron chi connectivity index (χ3n) is 3.84. The van der Waals surface area contributed by atoms with Crippen LogP contribution in [0, 0.1) is 5.92 Å². The molecule has 0 heterocycles. The summed E-state index contributed by atoms with van der Waals surface area (Å²) in [4.78, 5) is 12.1. The first-order valence-electron chi connectivity index (χ1n) is 6.82. The second-order valence-corrected chi connectivity index (χ2v) is 6.11. The lowest BCUT2D eigenvalue weighted by molar-refractivity contribution is -0.119. The Hall–Kier alpha value is -1.32. The van der Waals surface area contributed by atoms with Crippen LogP contribution in [0.3, 0.4) is 0 Å². The number of carbonyl (C=O) groups is 1. The molecule has 0 radical (unpaired) electrons. The summed E-state index contributed by atoms with van der Waals surface area (Å²) in [7, 11) is 0. The summed E-state index contributed by atoms with van der Waals surface area (Å²) in [6, 6.07) is 7.40. The maximum absolute atomic E-state index is 12.1. The van der Waals surface area contributed by atoms with Crippen molar-refractivity contribution in [3.63, 3.8) is 0 Å². The van der Waals surface area contributed by atoms with Crippen molar-refractivity contribution in [2.75, 3.05) is 6.61 Å². The fraction of sp³-hybridized carbons (Fsp3) is 0.438. The van der Waals surface area contributed by atoms with Crippen LogP contribution in [-0.2, 0) is 4.79 Å². The average molecular weight is 294 g/mol. The highest BCUT2D eigenvalue weighted by molar-refractivity contribution is 6.30. The molecule has 1 fully saturated rings. The molecule has 0 bridgehead atoms. The smallest absolute Gasteiger partial charge is 0.244 e. The van der Waals surface area contributed by atoms with E-state index >= 15 is 0 Å². The molecule has 0 saturated heterocycles. The van der Waals surface area contributed by atoms with Crippen molar-refractivity contribution in [3.05, 3.63) is 40.9 Å². The summed E-state index contributed by atoms with van der Waals surface area (Å²) >= 11 is 5.94. The van der Waals surface area contributed by atoms with Crippen molar-refractivity contribution < 1.29 is 9.90 Å². The SMILES string of the molecule is C/C(=C/C(=O)NC(C)(CO)C1CC1)c1cccc(Cl)c1. The predicted octanol–water partition coefficient (Wildman–Crippen LogP) is 3.02. The second kappa shape index (κ2) is 5.98. The van der Waals surface area contributed by atoms with E-state index in [2.05, 4.69) is 5.32 Å². The molecule has 1 aromatic carbocycles. The molecule has 2 rings (SSSR count). The number of halogens is 1. The van der Waals surface area contributed by atoms with Gasteiger partial charge in [0.1, 0.15) is 0 Å². The number of rotatable bonds is 5. The van der Waals surface area contributed by atoms with E-state index in [0.717, 1.165) is 24.0 Å². The Balaban J connectivity index is 2.08. The van der Waals surface area contributed by atoms with E-state index in [-0.39, 0.29) is 12.5 Å². The normalized spacial score (nSPS) is 18.5. The lowest BCUT2D eigenvalue weighted by atomic mass is 9.96. The molecule has 0 aliphatic heterocycles. The van der Waals surface area contributed by atoms with Gasteiger partial charge in [-0.15, -0.1) is 0 Å². The summed E-state index contributed by atoms with van der Waals surface area (Å²) in [5.74, 6) is 0.210. The molecule has 1 aliphatic rings. The molecular weight excluding hydrogens is 274 g/mol. The second-order valence-electron chi connectivity index (χ2n) is 5.68. The van der Waals surface area contributed by atoms with Gasteiger partial charge in [-0.2, -0.15) is 0 Å². The van der Waals surface area contributed by atoms with Crippen molar-refractivity contribution in [1.82, 2.24) is 5.32 Å². The fourth-order valence-electron chi connectivity index (χ4n) is 2.32. The highest BCUT2D eigenvalue weighted by Gasteiger charge is 2.41. The Bertz CT molecular complexity index is 537. The highest BCUT2D eigenvalue weighted by Crippen LogP contribution is 2.39. The number of nitrogens with one attached hydrogen (secondary N) is 1. The van der Waals surface area contributed by atoms with E-state index in [9.17, 15) is 9.90 Å². The largest absolute Gasteiger partial charge is 0.394 e. The number of hydrogen-bond donors (Lipinski definition) is 2. The van der Waals surface area contributed by atoms with Crippen LogP contribution in [0.1, 0.15) is 32.3 Å². The van der Waals surface area contributed by atoms with Crippen LogP contribution in [0.4, 0.5) is 0 Å². The van der Waals surface area contributed by atoms with Crippen LogP contribution in [0.25, 0.3) is 5.57 Å². The number of aliphatic hydroxyl groups excluding tert-OH is 1. The summed E-state index contributed by atoms with van der Waals surface area (Å²) < 4.78 is 0. The van der Waals surface area contributed by atoms with Crippen LogP contribution < -0.4 is 5.32 Å². The summed E-state index contributed by atoms with van der Waals surface area (Å²) in [5.41, 5.74) is 1.26. The predicted molar refractivity (Wildman–Crippen MR) is 81.5 cm³/mol. The highest BCUT2D eigenvalue weighted by atomic mass is 35.5. The van der Waals surface area contributed by atoms with Gasteiger partial charge in [0.05, 0.1) is 12.1 Å². The number of benzene rings is 1. The van der Waals surface area contributed by atoms with Crippen molar-refractivity contribution in [3.8, 4) is 0 Å². The molecule has 1 unspecified atom stereocenters. The van der Waals surface area contributed by atoms with E-state index in [1.807, 2.05) is 32.0 Å². The Morgan fingerprint density at radius 2 is 2.25 bits per heavy atom. The van der Waals surface area contributed by atoms with Gasteiger partial charge in [-0.1, -0.05) is 23.7 Å². The zero-order valence-corrected chi connectivity index (χ0v) is 12.6. The fourth-order valence-corrected chi connectivity index (χ4v) is 2.51. The number of amides is 1. The minimum atomic E-state index is -0.512. The first kappa shape index (κ1) is 15.1. The maximum Gasteiger partial charge on any atom is 0.244 e. The lowest BCUT2D eigenvalue weighted by Crippen LogP contribution is -2.50. The van der Waals surface area contributed by atoms with Gasteiger partial charge in [-0.25, -0.2) is 0 Å². The van der Waals surface area contributed by atoms with Crippen molar-refractivity contribution >= 4 is 23.1 Å². The molecule has 1 saturated carbocycles. The summed E-state index contributed by atoms with van der Waals surface area (Å²) in [5, 5.41) is 13.0. The molecule has 20 heavy (non-hydrogen) atoms. The van der Waals surface area contributed by atoms with Gasteiger partial charge in [-0.3, -0.25) is 4.79 Å². The number of aliphatic hydroxyl groups is 1. The lowest BCUT2D eigenvalue weighted by Gasteiger charge is -2.28. The molecule has 0 aromatic heterocycles. The standard InChI is InChI=1S/C16H20ClNO2/c1-11(12-4-3-5-14(17)9-12)8-15(20)18-16(2,10-19)13-6-7-13/h3-5,8-9,13,19H,6-7,10H2,1-2H3,(H,18,20)/b11-8-. The zero-order valence-electron chi connectivity index (χ0n) is 11.8. The molecule has 2 N–H and O–H groups in total. The van der Waals surface area contributed by atoms with Gasteiger partial charge in [-0.05, 0) is 55.9 Å². The third-order valence-corrected chi connectivity index (χ3v) is 4.08. The quantitative estimate of drug-likeness (QED) is 0.820. The topological polar surface area (TPSA) is 49.3 Å². The average Bonchev–Trinajstić information content (AvgIpc) is 3.23. The molecular formula is C16H20ClNO2. The Morgan fingerprint density at radius 3 is 2.80 bits per heavy atom. The number of hydrogen-bond acceptors (Lipinski definition) is 2. The van der Waals surface area contributed by atoms with Gasteiger partial charge in [0.15, 0.2) is 0 Å². The molecule has 1 atom stereocenters. The van der Waals surface area contributed by atoms with Crippen LogP contribution >= 0.6 is 11.6 Å².